The average Bonchev–Trinajstić information content (AvgIpc) is 2.19. The molecule has 14 heavy (non-hydrogen) atoms. The molecule has 0 aromatic rings. The first-order valence-electron chi connectivity index (χ1n) is 5.20. The topological polar surface area (TPSA) is 38.8 Å². The molecule has 1 aliphatic rings. The van der Waals surface area contributed by atoms with Crippen LogP contribution in [0.5, 0.6) is 0 Å². The molecule has 0 amide bonds. The van der Waals surface area contributed by atoms with E-state index in [0.717, 1.165) is 32.8 Å². The molecule has 0 unspecified atom stereocenters. The van der Waals surface area contributed by atoms with Crippen molar-refractivity contribution in [3.8, 4) is 0 Å². The summed E-state index contributed by atoms with van der Waals surface area (Å²) < 4.78 is 10.2. The zero-order chi connectivity index (χ0) is 10.4. The van der Waals surface area contributed by atoms with Gasteiger partial charge in [0.1, 0.15) is 0 Å². The van der Waals surface area contributed by atoms with Crippen LogP contribution in [0.1, 0.15) is 13.8 Å². The van der Waals surface area contributed by atoms with Gasteiger partial charge in [0.25, 0.3) is 0 Å². The lowest BCUT2D eigenvalue weighted by Gasteiger charge is -2.28. The van der Waals surface area contributed by atoms with Gasteiger partial charge in [-0.25, -0.2) is 0 Å². The normalized spacial score (nSPS) is 20.4. The number of hydrogen-bond donors (Lipinski definition) is 0. The van der Waals surface area contributed by atoms with Crippen molar-refractivity contribution in [1.29, 1.82) is 0 Å². The third-order valence-corrected chi connectivity index (χ3v) is 2.32. The Bertz CT molecular complexity index is 178. The van der Waals surface area contributed by atoms with Crippen LogP contribution in [0.2, 0.25) is 0 Å². The van der Waals surface area contributed by atoms with Gasteiger partial charge >= 0.3 is 5.97 Å². The Kier molecular flexibility index (Phi) is 4.90. The molecule has 4 nitrogen and oxygen atoms in total. The van der Waals surface area contributed by atoms with E-state index in [4.69, 9.17) is 9.47 Å². The van der Waals surface area contributed by atoms with E-state index in [1.807, 2.05) is 13.8 Å². The van der Waals surface area contributed by atoms with Crippen LogP contribution in [0.15, 0.2) is 0 Å². The van der Waals surface area contributed by atoms with Gasteiger partial charge in [-0.15, -0.1) is 0 Å². The highest BCUT2D eigenvalue weighted by Crippen LogP contribution is 2.05. The summed E-state index contributed by atoms with van der Waals surface area (Å²) in [5, 5.41) is 0. The van der Waals surface area contributed by atoms with Crippen molar-refractivity contribution in [2.45, 2.75) is 13.8 Å². The molecule has 1 saturated heterocycles. The zero-order valence-corrected chi connectivity index (χ0v) is 8.99. The van der Waals surface area contributed by atoms with Crippen LogP contribution < -0.4 is 0 Å². The van der Waals surface area contributed by atoms with Gasteiger partial charge in [-0.2, -0.15) is 0 Å². The van der Waals surface area contributed by atoms with E-state index in [1.165, 1.54) is 0 Å². The fourth-order valence-electron chi connectivity index (χ4n) is 1.53. The fourth-order valence-corrected chi connectivity index (χ4v) is 1.53. The van der Waals surface area contributed by atoms with Crippen LogP contribution in [0.3, 0.4) is 0 Å². The van der Waals surface area contributed by atoms with Crippen molar-refractivity contribution >= 4 is 5.97 Å². The Morgan fingerprint density at radius 1 is 1.50 bits per heavy atom. The van der Waals surface area contributed by atoms with Crippen LogP contribution in [0, 0.1) is 5.92 Å². The van der Waals surface area contributed by atoms with Gasteiger partial charge in [-0.1, -0.05) is 6.92 Å². The smallest absolute Gasteiger partial charge is 0.309 e. The maximum Gasteiger partial charge on any atom is 0.309 e. The van der Waals surface area contributed by atoms with Gasteiger partial charge in [0.05, 0.1) is 25.7 Å². The molecule has 0 radical (unpaired) electrons. The van der Waals surface area contributed by atoms with Crippen LogP contribution in [0.4, 0.5) is 0 Å². The highest BCUT2D eigenvalue weighted by molar-refractivity contribution is 5.72. The Hall–Kier alpha value is -0.610. The van der Waals surface area contributed by atoms with E-state index in [0.29, 0.717) is 6.61 Å². The predicted molar refractivity (Wildman–Crippen MR) is 53.1 cm³/mol. The van der Waals surface area contributed by atoms with E-state index in [1.54, 1.807) is 0 Å². The first-order valence-corrected chi connectivity index (χ1v) is 5.20. The first-order chi connectivity index (χ1) is 6.74. The number of carbonyl (C=O) groups excluding carboxylic acids is 1. The maximum absolute atomic E-state index is 11.3. The fraction of sp³-hybridized carbons (Fsp3) is 0.900. The number of morpholine rings is 1. The molecule has 0 aromatic heterocycles. The third-order valence-electron chi connectivity index (χ3n) is 2.32. The molecule has 1 atom stereocenters. The lowest BCUT2D eigenvalue weighted by atomic mass is 10.1. The number of hydrogen-bond acceptors (Lipinski definition) is 4. The molecule has 1 aliphatic heterocycles. The molecule has 0 bridgehead atoms. The van der Waals surface area contributed by atoms with Crippen LogP contribution in [-0.2, 0) is 14.3 Å². The second-order valence-electron chi connectivity index (χ2n) is 3.57. The van der Waals surface area contributed by atoms with E-state index < -0.39 is 0 Å². The van der Waals surface area contributed by atoms with Crippen molar-refractivity contribution in [3.63, 3.8) is 0 Å². The highest BCUT2D eigenvalue weighted by atomic mass is 16.5. The van der Waals surface area contributed by atoms with Crippen molar-refractivity contribution < 1.29 is 14.3 Å². The maximum atomic E-state index is 11.3. The Morgan fingerprint density at radius 3 is 2.71 bits per heavy atom. The lowest BCUT2D eigenvalue weighted by molar-refractivity contribution is -0.148. The van der Waals surface area contributed by atoms with Crippen LogP contribution >= 0.6 is 0 Å². The number of nitrogens with zero attached hydrogens (tertiary/aromatic N) is 1. The summed E-state index contributed by atoms with van der Waals surface area (Å²) in [5.41, 5.74) is 0. The summed E-state index contributed by atoms with van der Waals surface area (Å²) in [6.45, 7) is 8.37. The largest absolute Gasteiger partial charge is 0.466 e. The molecule has 0 aliphatic carbocycles. The van der Waals surface area contributed by atoms with Crippen molar-refractivity contribution in [2.24, 2.45) is 5.92 Å². The molecule has 1 fully saturated rings. The molecular weight excluding hydrogens is 182 g/mol. The minimum Gasteiger partial charge on any atom is -0.466 e. The second kappa shape index (κ2) is 5.98. The summed E-state index contributed by atoms with van der Waals surface area (Å²) >= 11 is 0. The number of ether oxygens (including phenoxy) is 2. The van der Waals surface area contributed by atoms with E-state index >= 15 is 0 Å². The number of carbonyl (C=O) groups is 1. The van der Waals surface area contributed by atoms with Gasteiger partial charge in [0, 0.05) is 19.6 Å². The van der Waals surface area contributed by atoms with Gasteiger partial charge < -0.3 is 9.47 Å². The molecule has 1 heterocycles. The Balaban J connectivity index is 2.24. The van der Waals surface area contributed by atoms with Gasteiger partial charge in [0.2, 0.25) is 0 Å². The molecule has 0 N–H and O–H groups in total. The first kappa shape index (κ1) is 11.5. The number of esters is 1. The third kappa shape index (κ3) is 3.64. The van der Waals surface area contributed by atoms with Crippen molar-refractivity contribution in [2.75, 3.05) is 39.5 Å². The summed E-state index contributed by atoms with van der Waals surface area (Å²) in [5.74, 6) is -0.132. The van der Waals surface area contributed by atoms with Crippen molar-refractivity contribution in [3.05, 3.63) is 0 Å². The molecule has 0 spiro atoms. The lowest BCUT2D eigenvalue weighted by Crippen LogP contribution is -2.40. The summed E-state index contributed by atoms with van der Waals surface area (Å²) in [7, 11) is 0. The molecular formula is C10H19NO3. The summed E-state index contributed by atoms with van der Waals surface area (Å²) in [6, 6.07) is 0. The standard InChI is InChI=1S/C10H19NO3/c1-3-14-10(12)9(2)8-11-4-6-13-7-5-11/h9H,3-8H2,1-2H3/t9-/m1/s1. The average molecular weight is 201 g/mol. The molecule has 4 heteroatoms. The summed E-state index contributed by atoms with van der Waals surface area (Å²) in [6.07, 6.45) is 0. The van der Waals surface area contributed by atoms with E-state index in [-0.39, 0.29) is 11.9 Å². The van der Waals surface area contributed by atoms with Crippen molar-refractivity contribution in [1.82, 2.24) is 4.90 Å². The predicted octanol–water partition coefficient (Wildman–Crippen LogP) is 0.518. The molecule has 0 saturated carbocycles. The van der Waals surface area contributed by atoms with E-state index in [2.05, 4.69) is 4.90 Å². The SMILES string of the molecule is CCOC(=O)[C@H](C)CN1CCOCC1. The number of rotatable bonds is 4. The quantitative estimate of drug-likeness (QED) is 0.621. The minimum absolute atomic E-state index is 0.0342. The van der Waals surface area contributed by atoms with Gasteiger partial charge in [0.15, 0.2) is 0 Å². The van der Waals surface area contributed by atoms with Gasteiger partial charge in [-0.05, 0) is 6.92 Å². The molecule has 82 valence electrons. The molecule has 1 rings (SSSR count). The monoisotopic (exact) mass is 201 g/mol. The van der Waals surface area contributed by atoms with Crippen LogP contribution in [-0.4, -0.2) is 50.3 Å². The Labute approximate surface area is 85.2 Å². The van der Waals surface area contributed by atoms with Gasteiger partial charge in [-0.3, -0.25) is 9.69 Å². The van der Waals surface area contributed by atoms with Crippen LogP contribution in [0.25, 0.3) is 0 Å². The zero-order valence-electron chi connectivity index (χ0n) is 8.99. The second-order valence-corrected chi connectivity index (χ2v) is 3.57. The summed E-state index contributed by atoms with van der Waals surface area (Å²) in [4.78, 5) is 13.6. The minimum atomic E-state index is -0.0982. The highest BCUT2D eigenvalue weighted by Gasteiger charge is 2.19. The Morgan fingerprint density at radius 2 is 2.14 bits per heavy atom. The van der Waals surface area contributed by atoms with E-state index in [9.17, 15) is 4.79 Å². The molecule has 0 aromatic carbocycles.